The predicted molar refractivity (Wildman–Crippen MR) is 127 cm³/mol. The van der Waals surface area contributed by atoms with Crippen molar-refractivity contribution in [3.05, 3.63) is 59.7 Å². The average Bonchev–Trinajstić information content (AvgIpc) is 3.18. The van der Waals surface area contributed by atoms with E-state index in [4.69, 9.17) is 10.7 Å². The van der Waals surface area contributed by atoms with Crippen molar-refractivity contribution in [2.45, 2.75) is 24.4 Å². The minimum absolute atomic E-state index is 0.315. The van der Waals surface area contributed by atoms with E-state index in [1.54, 1.807) is 0 Å². The number of benzene rings is 2. The van der Waals surface area contributed by atoms with Gasteiger partial charge in [0, 0.05) is 49.4 Å². The number of rotatable bonds is 2. The second-order valence-corrected chi connectivity index (χ2v) is 11.4. The maximum absolute atomic E-state index is 10.7. The molecule has 2 aliphatic heterocycles. The molecule has 1 saturated carbocycles. The molecule has 0 amide bonds. The Labute approximate surface area is 184 Å². The van der Waals surface area contributed by atoms with Crippen molar-refractivity contribution in [2.75, 3.05) is 35.2 Å². The van der Waals surface area contributed by atoms with E-state index >= 15 is 0 Å². The third-order valence-corrected chi connectivity index (χ3v) is 9.04. The zero-order valence-electron chi connectivity index (χ0n) is 17.6. The van der Waals surface area contributed by atoms with Crippen molar-refractivity contribution in [1.82, 2.24) is 4.98 Å². The van der Waals surface area contributed by atoms with E-state index in [1.165, 1.54) is 16.6 Å². The predicted octanol–water partition coefficient (Wildman–Crippen LogP) is 4.07. The number of hydrogen-bond acceptors (Lipinski definition) is 6. The van der Waals surface area contributed by atoms with E-state index < -0.39 is 10.6 Å². The maximum atomic E-state index is 10.7. The van der Waals surface area contributed by atoms with Crippen LogP contribution in [0.25, 0.3) is 10.9 Å². The quantitative estimate of drug-likeness (QED) is 0.562. The van der Waals surface area contributed by atoms with Crippen molar-refractivity contribution < 1.29 is 9.11 Å². The molecule has 0 spiro atoms. The molecule has 1 aromatic heterocycles. The summed E-state index contributed by atoms with van der Waals surface area (Å²) in [5.41, 5.74) is 10.6. The SMILES string of the molecule is Cc1ccc2nc(N3CCS(O)(O)c4ccccc4C3)cc(N3C[C@@H]4[C@H](N)[C@@H]4C3)c2c1. The molecule has 3 heterocycles. The van der Waals surface area contributed by atoms with Gasteiger partial charge in [-0.05, 0) is 42.5 Å². The smallest absolute Gasteiger partial charge is 0.131 e. The van der Waals surface area contributed by atoms with E-state index in [0.717, 1.165) is 30.0 Å². The number of nitrogens with two attached hydrogens (primary N) is 1. The first-order valence-electron chi connectivity index (χ1n) is 10.9. The van der Waals surface area contributed by atoms with E-state index in [2.05, 4.69) is 41.0 Å². The normalized spacial score (nSPS) is 27.5. The molecule has 0 radical (unpaired) electrons. The topological polar surface area (TPSA) is 85.9 Å². The van der Waals surface area contributed by atoms with Gasteiger partial charge in [-0.1, -0.05) is 29.8 Å². The van der Waals surface area contributed by atoms with Gasteiger partial charge in [-0.25, -0.2) is 4.98 Å². The van der Waals surface area contributed by atoms with Crippen molar-refractivity contribution >= 4 is 33.0 Å². The van der Waals surface area contributed by atoms with Gasteiger partial charge in [0.1, 0.15) is 5.82 Å². The highest BCUT2D eigenvalue weighted by Gasteiger charge is 2.53. The largest absolute Gasteiger partial charge is 0.370 e. The molecule has 2 aromatic carbocycles. The van der Waals surface area contributed by atoms with Gasteiger partial charge in [0.25, 0.3) is 0 Å². The molecule has 162 valence electrons. The molecule has 0 bridgehead atoms. The molecule has 3 atom stereocenters. The highest BCUT2D eigenvalue weighted by molar-refractivity contribution is 8.24. The standard InChI is InChI=1S/C24H28N4O2S/c1-15-6-7-20-17(10-15)21(28-13-18-19(14-28)24(18)25)11-23(26-20)27-8-9-31(29,30)22-5-3-2-4-16(22)12-27/h2-7,10-11,18-19,24,29-30H,8-9,12-14,25H2,1H3/t18-,19+,24-. The van der Waals surface area contributed by atoms with Gasteiger partial charge in [0.05, 0.1) is 16.2 Å². The first kappa shape index (κ1) is 19.4. The summed E-state index contributed by atoms with van der Waals surface area (Å²) in [5, 5.41) is 1.18. The maximum Gasteiger partial charge on any atom is 0.131 e. The van der Waals surface area contributed by atoms with Crippen LogP contribution in [0.3, 0.4) is 0 Å². The number of piperidine rings is 1. The first-order chi connectivity index (χ1) is 14.9. The summed E-state index contributed by atoms with van der Waals surface area (Å²) in [7, 11) is -2.79. The van der Waals surface area contributed by atoms with Crippen LogP contribution in [-0.4, -0.2) is 45.5 Å². The minimum atomic E-state index is -2.79. The summed E-state index contributed by atoms with van der Waals surface area (Å²) in [6.45, 7) is 5.29. The van der Waals surface area contributed by atoms with Gasteiger partial charge >= 0.3 is 0 Å². The number of aromatic nitrogens is 1. The molecular weight excluding hydrogens is 408 g/mol. The molecular formula is C24H28N4O2S. The Morgan fingerprint density at radius 3 is 2.61 bits per heavy atom. The molecule has 3 aromatic rings. The van der Waals surface area contributed by atoms with Gasteiger partial charge in [-0.3, -0.25) is 9.11 Å². The summed E-state index contributed by atoms with van der Waals surface area (Å²) < 4.78 is 21.5. The molecule has 6 rings (SSSR count). The van der Waals surface area contributed by atoms with Crippen LogP contribution in [0.15, 0.2) is 53.4 Å². The zero-order valence-corrected chi connectivity index (χ0v) is 18.4. The van der Waals surface area contributed by atoms with Crippen molar-refractivity contribution in [2.24, 2.45) is 17.6 Å². The van der Waals surface area contributed by atoms with Crippen LogP contribution in [-0.2, 0) is 6.54 Å². The molecule has 7 heteroatoms. The number of anilines is 2. The Hall–Kier alpha value is -2.32. The van der Waals surface area contributed by atoms with Crippen LogP contribution in [0.2, 0.25) is 0 Å². The molecule has 31 heavy (non-hydrogen) atoms. The molecule has 4 N–H and O–H groups in total. The van der Waals surface area contributed by atoms with Gasteiger partial charge in [0.15, 0.2) is 0 Å². The van der Waals surface area contributed by atoms with Gasteiger partial charge < -0.3 is 15.5 Å². The lowest BCUT2D eigenvalue weighted by Gasteiger charge is -2.32. The van der Waals surface area contributed by atoms with E-state index in [-0.39, 0.29) is 0 Å². The fourth-order valence-corrected chi connectivity index (χ4v) is 6.83. The number of nitrogens with zero attached hydrogens (tertiary/aromatic N) is 3. The summed E-state index contributed by atoms with van der Waals surface area (Å²) in [6.07, 6.45) is 0. The van der Waals surface area contributed by atoms with E-state index in [0.29, 0.717) is 41.6 Å². The van der Waals surface area contributed by atoms with Crippen LogP contribution in [0.4, 0.5) is 11.5 Å². The Bertz CT molecular complexity index is 1170. The number of fused-ring (bicyclic) bond motifs is 3. The zero-order chi connectivity index (χ0) is 21.3. The molecule has 2 fully saturated rings. The Morgan fingerprint density at radius 2 is 1.81 bits per heavy atom. The second kappa shape index (κ2) is 6.84. The lowest BCUT2D eigenvalue weighted by molar-refractivity contribution is 0.488. The monoisotopic (exact) mass is 436 g/mol. The van der Waals surface area contributed by atoms with Crippen molar-refractivity contribution in [3.8, 4) is 0 Å². The fraction of sp³-hybridized carbons (Fsp3) is 0.375. The molecule has 1 saturated heterocycles. The lowest BCUT2D eigenvalue weighted by Crippen LogP contribution is -2.29. The Kier molecular flexibility index (Phi) is 4.27. The van der Waals surface area contributed by atoms with Gasteiger partial charge in [-0.15, -0.1) is 0 Å². The summed E-state index contributed by atoms with van der Waals surface area (Å²) >= 11 is 0. The Morgan fingerprint density at radius 1 is 1.03 bits per heavy atom. The highest BCUT2D eigenvalue weighted by atomic mass is 32.3. The molecule has 3 aliphatic rings. The minimum Gasteiger partial charge on any atom is -0.370 e. The fourth-order valence-electron chi connectivity index (χ4n) is 5.28. The number of aryl methyl sites for hydroxylation is 1. The summed E-state index contributed by atoms with van der Waals surface area (Å²) in [4.78, 5) is 10.3. The van der Waals surface area contributed by atoms with Crippen LogP contribution < -0.4 is 15.5 Å². The van der Waals surface area contributed by atoms with Crippen LogP contribution in [0, 0.1) is 18.8 Å². The summed E-state index contributed by atoms with van der Waals surface area (Å²) in [5.74, 6) is 2.42. The average molecular weight is 437 g/mol. The van der Waals surface area contributed by atoms with E-state index in [9.17, 15) is 9.11 Å². The number of pyridine rings is 1. The van der Waals surface area contributed by atoms with Crippen LogP contribution in [0.1, 0.15) is 11.1 Å². The lowest BCUT2D eigenvalue weighted by atomic mass is 10.1. The van der Waals surface area contributed by atoms with E-state index in [1.807, 2.05) is 24.3 Å². The second-order valence-electron chi connectivity index (χ2n) is 9.23. The molecule has 6 nitrogen and oxygen atoms in total. The van der Waals surface area contributed by atoms with Crippen LogP contribution >= 0.6 is 10.6 Å². The number of hydrogen-bond donors (Lipinski definition) is 3. The first-order valence-corrected chi connectivity index (χ1v) is 12.6. The van der Waals surface area contributed by atoms with Gasteiger partial charge in [0.2, 0.25) is 0 Å². The van der Waals surface area contributed by atoms with Crippen molar-refractivity contribution in [1.29, 1.82) is 0 Å². The van der Waals surface area contributed by atoms with Crippen molar-refractivity contribution in [3.63, 3.8) is 0 Å². The summed E-state index contributed by atoms with van der Waals surface area (Å²) in [6, 6.07) is 16.6. The molecule has 0 unspecified atom stereocenters. The third-order valence-electron chi connectivity index (χ3n) is 7.19. The molecule has 1 aliphatic carbocycles. The Balaban J connectivity index is 1.43. The van der Waals surface area contributed by atoms with Crippen LogP contribution in [0.5, 0.6) is 0 Å². The third kappa shape index (κ3) is 3.19. The van der Waals surface area contributed by atoms with Gasteiger partial charge in [-0.2, -0.15) is 10.6 Å². The highest BCUT2D eigenvalue weighted by Crippen LogP contribution is 2.52.